The highest BCUT2D eigenvalue weighted by atomic mass is 35.5. The van der Waals surface area contributed by atoms with E-state index < -0.39 is 10.8 Å². The summed E-state index contributed by atoms with van der Waals surface area (Å²) in [5.74, 6) is 0.389. The van der Waals surface area contributed by atoms with Gasteiger partial charge in [-0.05, 0) is 45.5 Å². The van der Waals surface area contributed by atoms with Gasteiger partial charge in [-0.15, -0.1) is 12.4 Å². The van der Waals surface area contributed by atoms with Crippen molar-refractivity contribution in [1.82, 2.24) is 5.32 Å². The first-order chi connectivity index (χ1) is 9.74. The molecule has 22 heavy (non-hydrogen) atoms. The Morgan fingerprint density at radius 3 is 2.50 bits per heavy atom. The van der Waals surface area contributed by atoms with Crippen molar-refractivity contribution < 1.29 is 9.00 Å². The van der Waals surface area contributed by atoms with Crippen LogP contribution in [0.25, 0.3) is 0 Å². The summed E-state index contributed by atoms with van der Waals surface area (Å²) in [6.07, 6.45) is 0. The van der Waals surface area contributed by atoms with Gasteiger partial charge in [0.05, 0.1) is 0 Å². The van der Waals surface area contributed by atoms with Crippen molar-refractivity contribution in [2.75, 3.05) is 18.9 Å². The van der Waals surface area contributed by atoms with Crippen molar-refractivity contribution in [2.45, 2.75) is 38.2 Å². The van der Waals surface area contributed by atoms with Crippen LogP contribution in [0.4, 0.5) is 5.69 Å². The molecule has 0 aromatic heterocycles. The molecule has 0 radical (unpaired) electrons. The average Bonchev–Trinajstić information content (AvgIpc) is 2.38. The lowest BCUT2D eigenvalue weighted by Crippen LogP contribution is -2.28. The van der Waals surface area contributed by atoms with Crippen molar-refractivity contribution in [1.29, 1.82) is 0 Å². The Bertz CT molecular complexity index is 515. The Kier molecular flexibility index (Phi) is 8.89. The molecule has 2 unspecified atom stereocenters. The van der Waals surface area contributed by atoms with Crippen molar-refractivity contribution >= 4 is 34.8 Å². The SMILES string of the molecule is CNCC(C)C(=O)Nc1cccc(CS(=O)C(C)(C)C)c1.Cl. The summed E-state index contributed by atoms with van der Waals surface area (Å²) in [7, 11) is 0.882. The molecule has 0 aliphatic heterocycles. The summed E-state index contributed by atoms with van der Waals surface area (Å²) >= 11 is 0. The number of hydrogen-bond acceptors (Lipinski definition) is 3. The highest BCUT2D eigenvalue weighted by Gasteiger charge is 2.19. The number of hydrogen-bond donors (Lipinski definition) is 2. The van der Waals surface area contributed by atoms with E-state index in [9.17, 15) is 9.00 Å². The molecule has 0 saturated carbocycles. The van der Waals surface area contributed by atoms with Crippen LogP contribution < -0.4 is 10.6 Å². The number of anilines is 1. The summed E-state index contributed by atoms with van der Waals surface area (Å²) in [4.78, 5) is 12.0. The fourth-order valence-corrected chi connectivity index (χ4v) is 2.69. The average molecular weight is 347 g/mol. The van der Waals surface area contributed by atoms with Crippen LogP contribution >= 0.6 is 12.4 Å². The lowest BCUT2D eigenvalue weighted by Gasteiger charge is -2.18. The number of carbonyl (C=O) groups is 1. The minimum atomic E-state index is -0.944. The molecule has 1 aromatic rings. The van der Waals surface area contributed by atoms with E-state index in [0.29, 0.717) is 12.3 Å². The van der Waals surface area contributed by atoms with E-state index in [-0.39, 0.29) is 29.0 Å². The zero-order valence-corrected chi connectivity index (χ0v) is 15.6. The van der Waals surface area contributed by atoms with Gasteiger partial charge in [0, 0.05) is 39.4 Å². The Morgan fingerprint density at radius 1 is 1.32 bits per heavy atom. The topological polar surface area (TPSA) is 58.2 Å². The normalized spacial score (nSPS) is 13.9. The highest BCUT2D eigenvalue weighted by molar-refractivity contribution is 7.85. The van der Waals surface area contributed by atoms with Crippen LogP contribution in [0.15, 0.2) is 24.3 Å². The number of halogens is 1. The smallest absolute Gasteiger partial charge is 0.228 e. The minimum absolute atomic E-state index is 0. The molecule has 0 saturated heterocycles. The van der Waals surface area contributed by atoms with Crippen molar-refractivity contribution in [3.8, 4) is 0 Å². The predicted octanol–water partition coefficient (Wildman–Crippen LogP) is 2.95. The lowest BCUT2D eigenvalue weighted by atomic mass is 10.1. The molecule has 1 amide bonds. The molecule has 0 bridgehead atoms. The molecule has 2 atom stereocenters. The van der Waals surface area contributed by atoms with Gasteiger partial charge in [0.25, 0.3) is 0 Å². The number of benzene rings is 1. The molecule has 1 aromatic carbocycles. The van der Waals surface area contributed by atoms with Crippen LogP contribution in [0.2, 0.25) is 0 Å². The lowest BCUT2D eigenvalue weighted by molar-refractivity contribution is -0.119. The summed E-state index contributed by atoms with van der Waals surface area (Å²) in [5, 5.41) is 5.89. The van der Waals surface area contributed by atoms with Gasteiger partial charge in [-0.2, -0.15) is 0 Å². The molecule has 0 heterocycles. The number of carbonyl (C=O) groups excluding carboxylic acids is 1. The second-order valence-corrected chi connectivity index (χ2v) is 8.46. The number of nitrogens with one attached hydrogen (secondary N) is 2. The maximum absolute atomic E-state index is 12.2. The fourth-order valence-electron chi connectivity index (χ4n) is 1.77. The van der Waals surface area contributed by atoms with Crippen LogP contribution in [0.3, 0.4) is 0 Å². The summed E-state index contributed by atoms with van der Waals surface area (Å²) < 4.78 is 11.9. The van der Waals surface area contributed by atoms with E-state index in [1.54, 1.807) is 0 Å². The van der Waals surface area contributed by atoms with Gasteiger partial charge in [-0.1, -0.05) is 19.1 Å². The van der Waals surface area contributed by atoms with Crippen LogP contribution in [0.5, 0.6) is 0 Å². The molecule has 6 heteroatoms. The minimum Gasteiger partial charge on any atom is -0.326 e. The largest absolute Gasteiger partial charge is 0.326 e. The number of amides is 1. The van der Waals surface area contributed by atoms with Gasteiger partial charge in [0.15, 0.2) is 0 Å². The second kappa shape index (κ2) is 9.28. The predicted molar refractivity (Wildman–Crippen MR) is 97.0 cm³/mol. The van der Waals surface area contributed by atoms with Gasteiger partial charge in [0.2, 0.25) is 5.91 Å². The van der Waals surface area contributed by atoms with E-state index in [0.717, 1.165) is 11.3 Å². The third kappa shape index (κ3) is 6.90. The molecule has 2 N–H and O–H groups in total. The Hall–Kier alpha value is -0.910. The van der Waals surface area contributed by atoms with Crippen molar-refractivity contribution in [2.24, 2.45) is 5.92 Å². The van der Waals surface area contributed by atoms with E-state index in [1.807, 2.05) is 59.0 Å². The Balaban J connectivity index is 0.00000441. The first-order valence-electron chi connectivity index (χ1n) is 7.17. The summed E-state index contributed by atoms with van der Waals surface area (Å²) in [6.45, 7) is 8.42. The maximum atomic E-state index is 12.2. The first-order valence-corrected chi connectivity index (χ1v) is 8.49. The molecule has 1 rings (SSSR count). The zero-order chi connectivity index (χ0) is 16.0. The molecular weight excluding hydrogens is 320 g/mol. The number of rotatable bonds is 6. The third-order valence-electron chi connectivity index (χ3n) is 3.13. The van der Waals surface area contributed by atoms with Gasteiger partial charge < -0.3 is 10.6 Å². The molecular formula is C16H27ClN2O2S. The Morgan fingerprint density at radius 2 is 1.95 bits per heavy atom. The van der Waals surface area contributed by atoms with E-state index >= 15 is 0 Å². The molecule has 126 valence electrons. The Labute approximate surface area is 142 Å². The van der Waals surface area contributed by atoms with Crippen molar-refractivity contribution in [3.05, 3.63) is 29.8 Å². The van der Waals surface area contributed by atoms with Gasteiger partial charge in [0.1, 0.15) is 0 Å². The monoisotopic (exact) mass is 346 g/mol. The van der Waals surface area contributed by atoms with Crippen LogP contribution in [0.1, 0.15) is 33.3 Å². The third-order valence-corrected chi connectivity index (χ3v) is 5.09. The molecule has 4 nitrogen and oxygen atoms in total. The second-order valence-electron chi connectivity index (χ2n) is 6.25. The molecule has 0 spiro atoms. The maximum Gasteiger partial charge on any atom is 0.228 e. The fraction of sp³-hybridized carbons (Fsp3) is 0.562. The van der Waals surface area contributed by atoms with Crippen LogP contribution in [-0.2, 0) is 21.3 Å². The molecule has 0 aliphatic rings. The molecule has 0 fully saturated rings. The van der Waals surface area contributed by atoms with Gasteiger partial charge in [-0.3, -0.25) is 9.00 Å². The highest BCUT2D eigenvalue weighted by Crippen LogP contribution is 2.19. The van der Waals surface area contributed by atoms with E-state index in [1.165, 1.54) is 0 Å². The van der Waals surface area contributed by atoms with E-state index in [2.05, 4.69) is 10.6 Å². The standard InChI is InChI=1S/C16H26N2O2S.ClH/c1-12(10-17-5)15(19)18-14-8-6-7-13(9-14)11-21(20)16(2,3)4;/h6-9,12,17H,10-11H2,1-5H3,(H,18,19);1H. The summed E-state index contributed by atoms with van der Waals surface area (Å²) in [5.41, 5.74) is 1.73. The first kappa shape index (κ1) is 21.1. The molecule has 0 aliphatic carbocycles. The van der Waals surface area contributed by atoms with E-state index in [4.69, 9.17) is 0 Å². The van der Waals surface area contributed by atoms with Gasteiger partial charge >= 0.3 is 0 Å². The van der Waals surface area contributed by atoms with Crippen LogP contribution in [0, 0.1) is 5.92 Å². The van der Waals surface area contributed by atoms with Gasteiger partial charge in [-0.25, -0.2) is 0 Å². The quantitative estimate of drug-likeness (QED) is 0.832. The zero-order valence-electron chi connectivity index (χ0n) is 13.9. The van der Waals surface area contributed by atoms with Crippen LogP contribution in [-0.4, -0.2) is 28.5 Å². The summed E-state index contributed by atoms with van der Waals surface area (Å²) in [6, 6.07) is 7.57. The van der Waals surface area contributed by atoms with Crippen molar-refractivity contribution in [3.63, 3.8) is 0 Å².